The maximum atomic E-state index is 8.73. The van der Waals surface area contributed by atoms with Crippen LogP contribution >= 0.6 is 0 Å². The minimum Gasteiger partial charge on any atom is -0.421 e. The predicted molar refractivity (Wildman–Crippen MR) is 64.6 cm³/mol. The van der Waals surface area contributed by atoms with E-state index in [2.05, 4.69) is 24.0 Å². The molecule has 0 radical (unpaired) electrons. The number of aliphatic hydroxyl groups is 1. The Kier molecular flexibility index (Phi) is 3.54. The van der Waals surface area contributed by atoms with Crippen LogP contribution in [0.2, 0.25) is 0 Å². The minimum absolute atomic E-state index is 0.140. The van der Waals surface area contributed by atoms with Crippen molar-refractivity contribution in [1.82, 2.24) is 10.2 Å². The van der Waals surface area contributed by atoms with Crippen molar-refractivity contribution in [2.24, 2.45) is 0 Å². The second-order valence-electron chi connectivity index (χ2n) is 4.13. The Labute approximate surface area is 100 Å². The summed E-state index contributed by atoms with van der Waals surface area (Å²) in [4.78, 5) is 0. The minimum atomic E-state index is 0.140. The molecule has 0 aliphatic carbocycles. The molecule has 0 saturated carbocycles. The molecule has 0 aliphatic heterocycles. The number of aliphatic hydroxyl groups excluding tert-OH is 1. The molecule has 0 amide bonds. The van der Waals surface area contributed by atoms with E-state index >= 15 is 0 Å². The predicted octanol–water partition coefficient (Wildman–Crippen LogP) is 2.28. The third-order valence-electron chi connectivity index (χ3n) is 2.77. The van der Waals surface area contributed by atoms with E-state index in [1.165, 1.54) is 11.1 Å². The smallest absolute Gasteiger partial charge is 0.247 e. The third kappa shape index (κ3) is 2.71. The van der Waals surface area contributed by atoms with E-state index in [0.29, 0.717) is 24.6 Å². The summed E-state index contributed by atoms with van der Waals surface area (Å²) in [6.07, 6.45) is 1.27. The van der Waals surface area contributed by atoms with Crippen LogP contribution in [0.3, 0.4) is 0 Å². The lowest BCUT2D eigenvalue weighted by atomic mass is 10.1. The molecular weight excluding hydrogens is 216 g/mol. The van der Waals surface area contributed by atoms with Crippen LogP contribution in [0.4, 0.5) is 0 Å². The van der Waals surface area contributed by atoms with Gasteiger partial charge in [-0.15, -0.1) is 10.2 Å². The molecule has 0 unspecified atom stereocenters. The molecule has 2 aromatic rings. The first-order valence-electron chi connectivity index (χ1n) is 5.71. The van der Waals surface area contributed by atoms with E-state index in [-0.39, 0.29) is 6.61 Å². The standard InChI is InChI=1S/C13H16N2O2/c1-9-5-6-11(8-10(9)2)13-15-14-12(17-13)4-3-7-16/h5-6,8,16H,3-4,7H2,1-2H3. The molecule has 1 N–H and O–H groups in total. The maximum absolute atomic E-state index is 8.73. The third-order valence-corrected chi connectivity index (χ3v) is 2.77. The topological polar surface area (TPSA) is 59.2 Å². The molecule has 90 valence electrons. The van der Waals surface area contributed by atoms with Crippen LogP contribution < -0.4 is 0 Å². The average molecular weight is 232 g/mol. The monoisotopic (exact) mass is 232 g/mol. The summed E-state index contributed by atoms with van der Waals surface area (Å²) in [6.45, 7) is 4.27. The Bertz CT molecular complexity index is 506. The van der Waals surface area contributed by atoms with Gasteiger partial charge in [-0.25, -0.2) is 0 Å². The number of aryl methyl sites for hydroxylation is 3. The summed E-state index contributed by atoms with van der Waals surface area (Å²) in [7, 11) is 0. The van der Waals surface area contributed by atoms with Gasteiger partial charge in [0.15, 0.2) is 0 Å². The van der Waals surface area contributed by atoms with Crippen molar-refractivity contribution in [1.29, 1.82) is 0 Å². The fraction of sp³-hybridized carbons (Fsp3) is 0.385. The number of hydrogen-bond donors (Lipinski definition) is 1. The van der Waals surface area contributed by atoms with Gasteiger partial charge >= 0.3 is 0 Å². The van der Waals surface area contributed by atoms with E-state index in [0.717, 1.165) is 5.56 Å². The molecule has 0 fully saturated rings. The molecule has 17 heavy (non-hydrogen) atoms. The highest BCUT2D eigenvalue weighted by Crippen LogP contribution is 2.21. The largest absolute Gasteiger partial charge is 0.421 e. The maximum Gasteiger partial charge on any atom is 0.247 e. The summed E-state index contributed by atoms with van der Waals surface area (Å²) in [6, 6.07) is 6.06. The van der Waals surface area contributed by atoms with Crippen molar-refractivity contribution in [2.75, 3.05) is 6.61 Å². The number of hydrogen-bond acceptors (Lipinski definition) is 4. The quantitative estimate of drug-likeness (QED) is 0.878. The van der Waals surface area contributed by atoms with Gasteiger partial charge in [0.05, 0.1) is 0 Å². The highest BCUT2D eigenvalue weighted by atomic mass is 16.4. The lowest BCUT2D eigenvalue weighted by Crippen LogP contribution is -1.88. The van der Waals surface area contributed by atoms with Crippen molar-refractivity contribution >= 4 is 0 Å². The first kappa shape index (κ1) is 11.8. The van der Waals surface area contributed by atoms with E-state index in [9.17, 15) is 0 Å². The summed E-state index contributed by atoms with van der Waals surface area (Å²) in [5.41, 5.74) is 3.39. The molecule has 1 heterocycles. The molecule has 0 saturated heterocycles. The van der Waals surface area contributed by atoms with Gasteiger partial charge in [-0.1, -0.05) is 6.07 Å². The van der Waals surface area contributed by atoms with Gasteiger partial charge < -0.3 is 9.52 Å². The Hall–Kier alpha value is -1.68. The van der Waals surface area contributed by atoms with Crippen molar-refractivity contribution in [2.45, 2.75) is 26.7 Å². The fourth-order valence-corrected chi connectivity index (χ4v) is 1.58. The second-order valence-corrected chi connectivity index (χ2v) is 4.13. The fourth-order valence-electron chi connectivity index (χ4n) is 1.58. The Balaban J connectivity index is 2.21. The molecule has 0 atom stereocenters. The summed E-state index contributed by atoms with van der Waals surface area (Å²) in [5.74, 6) is 1.12. The van der Waals surface area contributed by atoms with E-state index < -0.39 is 0 Å². The van der Waals surface area contributed by atoms with Gasteiger partial charge in [0, 0.05) is 18.6 Å². The molecule has 0 bridgehead atoms. The average Bonchev–Trinajstić information content (AvgIpc) is 2.79. The van der Waals surface area contributed by atoms with Crippen LogP contribution in [-0.4, -0.2) is 21.9 Å². The van der Waals surface area contributed by atoms with Crippen LogP contribution in [0, 0.1) is 13.8 Å². The lowest BCUT2D eigenvalue weighted by molar-refractivity contribution is 0.283. The number of rotatable bonds is 4. The van der Waals surface area contributed by atoms with Gasteiger partial charge in [-0.05, 0) is 43.5 Å². The van der Waals surface area contributed by atoms with Gasteiger partial charge in [0.25, 0.3) is 0 Å². The molecule has 4 nitrogen and oxygen atoms in total. The molecule has 0 aliphatic rings. The van der Waals surface area contributed by atoms with Crippen LogP contribution in [-0.2, 0) is 6.42 Å². The number of aromatic nitrogens is 2. The first-order chi connectivity index (χ1) is 8.20. The van der Waals surface area contributed by atoms with Crippen molar-refractivity contribution in [3.05, 3.63) is 35.2 Å². The van der Waals surface area contributed by atoms with Crippen molar-refractivity contribution < 1.29 is 9.52 Å². The van der Waals surface area contributed by atoms with Crippen LogP contribution in [0.5, 0.6) is 0 Å². The number of benzene rings is 1. The van der Waals surface area contributed by atoms with E-state index in [4.69, 9.17) is 9.52 Å². The van der Waals surface area contributed by atoms with Gasteiger partial charge in [-0.2, -0.15) is 0 Å². The summed E-state index contributed by atoms with van der Waals surface area (Å²) >= 11 is 0. The van der Waals surface area contributed by atoms with Crippen LogP contribution in [0.15, 0.2) is 22.6 Å². The van der Waals surface area contributed by atoms with Crippen LogP contribution in [0.25, 0.3) is 11.5 Å². The normalized spacial score (nSPS) is 10.8. The van der Waals surface area contributed by atoms with Gasteiger partial charge in [0.1, 0.15) is 0 Å². The van der Waals surface area contributed by atoms with Crippen molar-refractivity contribution in [3.63, 3.8) is 0 Å². The zero-order chi connectivity index (χ0) is 12.3. The zero-order valence-electron chi connectivity index (χ0n) is 10.1. The number of nitrogens with zero attached hydrogens (tertiary/aromatic N) is 2. The summed E-state index contributed by atoms with van der Waals surface area (Å²) < 4.78 is 5.53. The Morgan fingerprint density at radius 2 is 2.00 bits per heavy atom. The molecule has 0 spiro atoms. The molecule has 1 aromatic heterocycles. The van der Waals surface area contributed by atoms with Gasteiger partial charge in [0.2, 0.25) is 11.8 Å². The zero-order valence-corrected chi connectivity index (χ0v) is 10.1. The molecule has 4 heteroatoms. The summed E-state index contributed by atoms with van der Waals surface area (Å²) in [5, 5.41) is 16.7. The Morgan fingerprint density at radius 3 is 2.71 bits per heavy atom. The van der Waals surface area contributed by atoms with E-state index in [1.54, 1.807) is 0 Å². The first-order valence-corrected chi connectivity index (χ1v) is 5.71. The van der Waals surface area contributed by atoms with Gasteiger partial charge in [-0.3, -0.25) is 0 Å². The highest BCUT2D eigenvalue weighted by molar-refractivity contribution is 5.55. The van der Waals surface area contributed by atoms with Crippen LogP contribution in [0.1, 0.15) is 23.4 Å². The highest BCUT2D eigenvalue weighted by Gasteiger charge is 2.08. The molecule has 2 rings (SSSR count). The lowest BCUT2D eigenvalue weighted by Gasteiger charge is -2.00. The Morgan fingerprint density at radius 1 is 1.18 bits per heavy atom. The second kappa shape index (κ2) is 5.10. The van der Waals surface area contributed by atoms with Crippen molar-refractivity contribution in [3.8, 4) is 11.5 Å². The SMILES string of the molecule is Cc1ccc(-c2nnc(CCCO)o2)cc1C. The molecular formula is C13H16N2O2. The molecule has 1 aromatic carbocycles. The van der Waals surface area contributed by atoms with E-state index in [1.807, 2.05) is 18.2 Å².